The van der Waals surface area contributed by atoms with E-state index in [0.717, 1.165) is 0 Å². The van der Waals surface area contributed by atoms with Crippen LogP contribution in [0.25, 0.3) is 0 Å². The lowest BCUT2D eigenvalue weighted by Gasteiger charge is -2.19. The highest BCUT2D eigenvalue weighted by molar-refractivity contribution is 9.10. The van der Waals surface area contributed by atoms with Crippen LogP contribution in [0.4, 0.5) is 4.79 Å². The summed E-state index contributed by atoms with van der Waals surface area (Å²) < 4.78 is 11.5. The van der Waals surface area contributed by atoms with Gasteiger partial charge in [0.1, 0.15) is 10.2 Å². The number of alkyl carbamates (subject to hydrolysis) is 1. The minimum Gasteiger partial charge on any atom is -0.464 e. The van der Waals surface area contributed by atoms with Crippen LogP contribution in [0.3, 0.4) is 0 Å². The molecular weight excluding hydrogens is 332 g/mol. The van der Waals surface area contributed by atoms with Gasteiger partial charge in [0.05, 0.1) is 13.7 Å². The van der Waals surface area contributed by atoms with Crippen molar-refractivity contribution in [3.8, 4) is 0 Å². The third-order valence-corrected chi connectivity index (χ3v) is 2.83. The zero-order valence-electron chi connectivity index (χ0n) is 11.8. The Bertz CT molecular complexity index is 495. The average molecular weight is 349 g/mol. The van der Waals surface area contributed by atoms with E-state index in [0.29, 0.717) is 11.1 Å². The Morgan fingerprint density at radius 3 is 2.60 bits per heavy atom. The van der Waals surface area contributed by atoms with Crippen molar-refractivity contribution < 1.29 is 19.1 Å². The number of esters is 1. The van der Waals surface area contributed by atoms with Gasteiger partial charge in [-0.2, -0.15) is 0 Å². The molecule has 1 heterocycles. The van der Waals surface area contributed by atoms with Crippen LogP contribution in [-0.4, -0.2) is 46.3 Å². The molecule has 9 heteroatoms. The van der Waals surface area contributed by atoms with Gasteiger partial charge in [-0.05, 0) is 36.7 Å². The monoisotopic (exact) mass is 348 g/mol. The van der Waals surface area contributed by atoms with E-state index in [1.165, 1.54) is 11.8 Å². The zero-order valence-corrected chi connectivity index (χ0v) is 13.4. The first kappa shape index (κ1) is 16.4. The fourth-order valence-corrected chi connectivity index (χ4v) is 1.73. The Hall–Kier alpha value is -1.64. The second kappa shape index (κ2) is 6.69. The molecule has 0 unspecified atom stereocenters. The molecule has 0 aliphatic rings. The molecule has 1 aromatic rings. The lowest BCUT2D eigenvalue weighted by Crippen LogP contribution is -2.34. The first-order valence-corrected chi connectivity index (χ1v) is 6.68. The third kappa shape index (κ3) is 4.80. The molecule has 0 aliphatic carbocycles. The number of methoxy groups -OCH3 is 1. The Balaban J connectivity index is 2.49. The number of hydrogen-bond donors (Lipinski definition) is 1. The molecule has 1 amide bonds. The van der Waals surface area contributed by atoms with E-state index in [-0.39, 0.29) is 12.2 Å². The van der Waals surface area contributed by atoms with Crippen molar-refractivity contribution >= 4 is 28.0 Å². The Morgan fingerprint density at radius 2 is 2.05 bits per heavy atom. The van der Waals surface area contributed by atoms with Crippen molar-refractivity contribution in [1.82, 2.24) is 20.3 Å². The van der Waals surface area contributed by atoms with Crippen LogP contribution >= 0.6 is 15.9 Å². The van der Waals surface area contributed by atoms with Gasteiger partial charge < -0.3 is 14.8 Å². The molecular formula is C11H17BrN4O4. The molecule has 0 saturated heterocycles. The lowest BCUT2D eigenvalue weighted by atomic mass is 10.2. The van der Waals surface area contributed by atoms with Crippen molar-refractivity contribution in [2.24, 2.45) is 0 Å². The summed E-state index contributed by atoms with van der Waals surface area (Å²) in [6, 6.07) is 0. The highest BCUT2D eigenvalue weighted by Crippen LogP contribution is 2.14. The van der Waals surface area contributed by atoms with E-state index < -0.39 is 17.7 Å². The Labute approximate surface area is 124 Å². The topological polar surface area (TPSA) is 95.3 Å². The summed E-state index contributed by atoms with van der Waals surface area (Å²) in [5, 5.41) is 10.1. The number of hydrogen-bond acceptors (Lipinski definition) is 6. The van der Waals surface area contributed by atoms with Gasteiger partial charge in [0.25, 0.3) is 0 Å². The standard InChI is InChI=1S/C11H17BrN4O4/c1-11(2,3)20-10(18)13-5-6-16-8(12)7(14-15-16)9(17)19-4/h5-6H2,1-4H3,(H,13,18). The first-order valence-electron chi connectivity index (χ1n) is 5.88. The van der Waals surface area contributed by atoms with Crippen LogP contribution in [0.1, 0.15) is 31.3 Å². The first-order chi connectivity index (χ1) is 9.24. The quantitative estimate of drug-likeness (QED) is 0.825. The van der Waals surface area contributed by atoms with Gasteiger partial charge in [-0.3, -0.25) is 0 Å². The summed E-state index contributed by atoms with van der Waals surface area (Å²) in [6.45, 7) is 5.97. The highest BCUT2D eigenvalue weighted by Gasteiger charge is 2.19. The molecule has 0 radical (unpaired) electrons. The molecule has 0 bridgehead atoms. The van der Waals surface area contributed by atoms with Gasteiger partial charge in [0.15, 0.2) is 0 Å². The summed E-state index contributed by atoms with van der Waals surface area (Å²) in [4.78, 5) is 22.8. The molecule has 112 valence electrons. The van der Waals surface area contributed by atoms with Crippen LogP contribution in [0.5, 0.6) is 0 Å². The van der Waals surface area contributed by atoms with Crippen LogP contribution < -0.4 is 5.32 Å². The number of nitrogens with zero attached hydrogens (tertiary/aromatic N) is 3. The van der Waals surface area contributed by atoms with Crippen molar-refractivity contribution in [1.29, 1.82) is 0 Å². The largest absolute Gasteiger partial charge is 0.464 e. The van der Waals surface area contributed by atoms with Gasteiger partial charge in [0.2, 0.25) is 5.69 Å². The third-order valence-electron chi connectivity index (χ3n) is 2.05. The molecule has 1 aromatic heterocycles. The molecule has 0 spiro atoms. The number of carbonyl (C=O) groups is 2. The summed E-state index contributed by atoms with van der Waals surface area (Å²) >= 11 is 3.20. The summed E-state index contributed by atoms with van der Waals surface area (Å²) in [5.41, 5.74) is -0.458. The molecule has 0 fully saturated rings. The zero-order chi connectivity index (χ0) is 15.3. The highest BCUT2D eigenvalue weighted by atomic mass is 79.9. The smallest absolute Gasteiger partial charge is 0.407 e. The van der Waals surface area contributed by atoms with Gasteiger partial charge in [-0.1, -0.05) is 5.21 Å². The normalized spacial score (nSPS) is 11.1. The van der Waals surface area contributed by atoms with E-state index in [4.69, 9.17) is 4.74 Å². The summed E-state index contributed by atoms with van der Waals surface area (Å²) in [5.74, 6) is -0.580. The number of amides is 1. The van der Waals surface area contributed by atoms with Gasteiger partial charge in [-0.15, -0.1) is 5.10 Å². The minimum atomic E-state index is -0.580. The number of aromatic nitrogens is 3. The maximum absolute atomic E-state index is 11.4. The second-order valence-corrected chi connectivity index (χ2v) is 5.62. The minimum absolute atomic E-state index is 0.0877. The number of halogens is 1. The lowest BCUT2D eigenvalue weighted by molar-refractivity contribution is 0.0523. The average Bonchev–Trinajstić information content (AvgIpc) is 2.68. The van der Waals surface area contributed by atoms with E-state index >= 15 is 0 Å². The summed E-state index contributed by atoms with van der Waals surface area (Å²) in [6.07, 6.45) is -0.512. The predicted molar refractivity (Wildman–Crippen MR) is 73.3 cm³/mol. The van der Waals surface area contributed by atoms with Gasteiger partial charge in [-0.25, -0.2) is 14.3 Å². The molecule has 0 aromatic carbocycles. The van der Waals surface area contributed by atoms with Crippen LogP contribution in [0.2, 0.25) is 0 Å². The predicted octanol–water partition coefficient (Wildman–Crippen LogP) is 1.35. The van der Waals surface area contributed by atoms with E-state index in [2.05, 4.69) is 36.3 Å². The van der Waals surface area contributed by atoms with Gasteiger partial charge >= 0.3 is 12.1 Å². The Kier molecular flexibility index (Phi) is 5.49. The number of rotatable bonds is 4. The fourth-order valence-electron chi connectivity index (χ4n) is 1.24. The van der Waals surface area contributed by atoms with E-state index in [9.17, 15) is 9.59 Å². The molecule has 1 N–H and O–H groups in total. The number of ether oxygens (including phenoxy) is 2. The molecule has 20 heavy (non-hydrogen) atoms. The molecule has 0 aliphatic heterocycles. The SMILES string of the molecule is COC(=O)c1nnn(CCNC(=O)OC(C)(C)C)c1Br. The second-order valence-electron chi connectivity index (χ2n) is 4.87. The van der Waals surface area contributed by atoms with Crippen molar-refractivity contribution in [3.63, 3.8) is 0 Å². The van der Waals surface area contributed by atoms with Crippen LogP contribution in [0.15, 0.2) is 4.60 Å². The van der Waals surface area contributed by atoms with Gasteiger partial charge in [0, 0.05) is 6.54 Å². The maximum Gasteiger partial charge on any atom is 0.407 e. The Morgan fingerprint density at radius 1 is 1.40 bits per heavy atom. The van der Waals surface area contributed by atoms with Crippen LogP contribution in [0, 0.1) is 0 Å². The maximum atomic E-state index is 11.4. The van der Waals surface area contributed by atoms with Crippen molar-refractivity contribution in [2.45, 2.75) is 32.9 Å². The molecule has 8 nitrogen and oxygen atoms in total. The molecule has 0 saturated carbocycles. The van der Waals surface area contributed by atoms with E-state index in [1.807, 2.05) is 0 Å². The number of nitrogens with one attached hydrogen (secondary N) is 1. The molecule has 0 atom stereocenters. The molecule has 1 rings (SSSR count). The van der Waals surface area contributed by atoms with Crippen molar-refractivity contribution in [3.05, 3.63) is 10.3 Å². The fraction of sp³-hybridized carbons (Fsp3) is 0.636. The van der Waals surface area contributed by atoms with Crippen molar-refractivity contribution in [2.75, 3.05) is 13.7 Å². The summed E-state index contributed by atoms with van der Waals surface area (Å²) in [7, 11) is 1.26. The number of carbonyl (C=O) groups excluding carboxylic acids is 2. The van der Waals surface area contributed by atoms with Crippen LogP contribution in [-0.2, 0) is 16.0 Å². The van der Waals surface area contributed by atoms with E-state index in [1.54, 1.807) is 20.8 Å².